The number of halogens is 1. The quantitative estimate of drug-likeness (QED) is 0.583. The molecule has 0 fully saturated rings. The molecule has 0 aliphatic carbocycles. The van der Waals surface area contributed by atoms with Crippen molar-refractivity contribution < 1.29 is 9.59 Å². The Morgan fingerprint density at radius 3 is 2.56 bits per heavy atom. The average molecular weight is 282 g/mol. The van der Waals surface area contributed by atoms with Crippen molar-refractivity contribution in [3.05, 3.63) is 35.4 Å². The van der Waals surface area contributed by atoms with Crippen LogP contribution in [0.5, 0.6) is 0 Å². The molecule has 0 spiro atoms. The molecule has 1 unspecified atom stereocenters. The SMILES string of the molecule is CN1C(=O)c2ccccc2C(C)(CBr)C1=O. The first kappa shape index (κ1) is 11.3. The zero-order valence-electron chi connectivity index (χ0n) is 9.16. The number of alkyl halides is 1. The van der Waals surface area contributed by atoms with Gasteiger partial charge in [0.2, 0.25) is 5.91 Å². The molecule has 0 saturated carbocycles. The molecule has 2 rings (SSSR count). The van der Waals surface area contributed by atoms with Gasteiger partial charge in [-0.2, -0.15) is 0 Å². The number of imide groups is 1. The molecule has 3 nitrogen and oxygen atoms in total. The monoisotopic (exact) mass is 281 g/mol. The van der Waals surface area contributed by atoms with E-state index < -0.39 is 5.41 Å². The summed E-state index contributed by atoms with van der Waals surface area (Å²) in [5.74, 6) is -0.382. The van der Waals surface area contributed by atoms with Gasteiger partial charge < -0.3 is 0 Å². The minimum atomic E-state index is -0.654. The molecule has 0 radical (unpaired) electrons. The van der Waals surface area contributed by atoms with Crippen LogP contribution >= 0.6 is 15.9 Å². The van der Waals surface area contributed by atoms with E-state index in [4.69, 9.17) is 0 Å². The summed E-state index contributed by atoms with van der Waals surface area (Å²) in [6, 6.07) is 7.28. The Labute approximate surface area is 103 Å². The van der Waals surface area contributed by atoms with Crippen molar-refractivity contribution in [2.24, 2.45) is 0 Å². The van der Waals surface area contributed by atoms with E-state index in [9.17, 15) is 9.59 Å². The molecule has 1 aromatic rings. The molecule has 0 aromatic heterocycles. The first-order chi connectivity index (χ1) is 7.52. The molecule has 4 heteroatoms. The number of hydrogen-bond acceptors (Lipinski definition) is 2. The third-order valence-electron chi connectivity index (χ3n) is 3.10. The van der Waals surface area contributed by atoms with Gasteiger partial charge in [0.1, 0.15) is 0 Å². The molecule has 0 N–H and O–H groups in total. The number of benzene rings is 1. The molecule has 1 heterocycles. The Kier molecular flexibility index (Phi) is 2.62. The fourth-order valence-corrected chi connectivity index (χ4v) is 2.58. The van der Waals surface area contributed by atoms with Crippen LogP contribution in [0.15, 0.2) is 24.3 Å². The number of likely N-dealkylation sites (N-methyl/N-ethyl adjacent to an activating group) is 1. The Morgan fingerprint density at radius 2 is 1.94 bits per heavy atom. The van der Waals surface area contributed by atoms with Crippen LogP contribution in [0, 0.1) is 0 Å². The van der Waals surface area contributed by atoms with E-state index in [1.165, 1.54) is 11.9 Å². The number of fused-ring (bicyclic) bond motifs is 1. The molecule has 1 aliphatic heterocycles. The highest BCUT2D eigenvalue weighted by atomic mass is 79.9. The number of carbonyl (C=O) groups is 2. The van der Waals surface area contributed by atoms with Crippen LogP contribution in [0.4, 0.5) is 0 Å². The molecular weight excluding hydrogens is 270 g/mol. The maximum absolute atomic E-state index is 12.1. The zero-order valence-corrected chi connectivity index (χ0v) is 10.7. The van der Waals surface area contributed by atoms with Gasteiger partial charge in [-0.25, -0.2) is 0 Å². The van der Waals surface area contributed by atoms with Crippen molar-refractivity contribution >= 4 is 27.7 Å². The number of rotatable bonds is 1. The molecule has 1 aliphatic rings. The van der Waals surface area contributed by atoms with Crippen LogP contribution in [-0.4, -0.2) is 29.1 Å². The summed E-state index contributed by atoms with van der Waals surface area (Å²) < 4.78 is 0. The van der Waals surface area contributed by atoms with Gasteiger partial charge in [-0.3, -0.25) is 14.5 Å². The summed E-state index contributed by atoms with van der Waals surface area (Å²) in [5.41, 5.74) is 0.769. The Bertz CT molecular complexity index is 472. The van der Waals surface area contributed by atoms with Crippen LogP contribution in [0.3, 0.4) is 0 Å². The van der Waals surface area contributed by atoms with Gasteiger partial charge in [0.05, 0.1) is 5.41 Å². The summed E-state index contributed by atoms with van der Waals surface area (Å²) in [5, 5.41) is 0.507. The molecule has 2 amide bonds. The van der Waals surface area contributed by atoms with Crippen LogP contribution in [-0.2, 0) is 10.2 Å². The summed E-state index contributed by atoms with van der Waals surface area (Å²) >= 11 is 3.37. The van der Waals surface area contributed by atoms with Crippen molar-refractivity contribution in [3.8, 4) is 0 Å². The Hall–Kier alpha value is -1.16. The van der Waals surface area contributed by atoms with Gasteiger partial charge in [0, 0.05) is 17.9 Å². The molecule has 16 heavy (non-hydrogen) atoms. The predicted molar refractivity (Wildman–Crippen MR) is 64.7 cm³/mol. The normalized spacial score (nSPS) is 24.6. The Balaban J connectivity index is 2.71. The third kappa shape index (κ3) is 1.33. The van der Waals surface area contributed by atoms with Crippen molar-refractivity contribution in [3.63, 3.8) is 0 Å². The van der Waals surface area contributed by atoms with E-state index in [0.29, 0.717) is 10.9 Å². The van der Waals surface area contributed by atoms with Crippen molar-refractivity contribution in [2.45, 2.75) is 12.3 Å². The lowest BCUT2D eigenvalue weighted by atomic mass is 9.77. The number of hydrogen-bond donors (Lipinski definition) is 0. The van der Waals surface area contributed by atoms with E-state index >= 15 is 0 Å². The lowest BCUT2D eigenvalue weighted by Gasteiger charge is -2.36. The zero-order chi connectivity index (χ0) is 11.9. The molecule has 1 aromatic carbocycles. The molecule has 1 atom stereocenters. The maximum atomic E-state index is 12.1. The topological polar surface area (TPSA) is 37.4 Å². The van der Waals surface area contributed by atoms with Crippen LogP contribution in [0.2, 0.25) is 0 Å². The summed E-state index contributed by atoms with van der Waals surface area (Å²) in [7, 11) is 1.53. The van der Waals surface area contributed by atoms with E-state index in [0.717, 1.165) is 5.56 Å². The van der Waals surface area contributed by atoms with E-state index in [1.807, 2.05) is 25.1 Å². The highest BCUT2D eigenvalue weighted by Gasteiger charge is 2.45. The standard InChI is InChI=1S/C12H12BrNO2/c1-12(7-13)9-6-4-3-5-8(9)10(15)14(2)11(12)16/h3-6H,7H2,1-2H3. The second-order valence-electron chi connectivity index (χ2n) is 4.18. The second kappa shape index (κ2) is 3.70. The van der Waals surface area contributed by atoms with Gasteiger partial charge in [-0.15, -0.1) is 0 Å². The first-order valence-corrected chi connectivity index (χ1v) is 6.12. The van der Waals surface area contributed by atoms with E-state index in [-0.39, 0.29) is 11.8 Å². The summed E-state index contributed by atoms with van der Waals surface area (Å²) in [6.07, 6.45) is 0. The second-order valence-corrected chi connectivity index (χ2v) is 4.74. The number of carbonyl (C=O) groups excluding carboxylic acids is 2. The summed E-state index contributed by atoms with van der Waals surface area (Å²) in [4.78, 5) is 25.2. The van der Waals surface area contributed by atoms with Crippen LogP contribution < -0.4 is 0 Å². The van der Waals surface area contributed by atoms with Crippen molar-refractivity contribution in [1.82, 2.24) is 4.90 Å². The highest BCUT2D eigenvalue weighted by Crippen LogP contribution is 2.35. The van der Waals surface area contributed by atoms with Crippen LogP contribution in [0.25, 0.3) is 0 Å². The third-order valence-corrected chi connectivity index (χ3v) is 4.22. The van der Waals surface area contributed by atoms with Gasteiger partial charge in [-0.1, -0.05) is 34.1 Å². The van der Waals surface area contributed by atoms with E-state index in [1.54, 1.807) is 6.07 Å². The average Bonchev–Trinajstić information content (AvgIpc) is 2.33. The fourth-order valence-electron chi connectivity index (χ4n) is 2.04. The van der Waals surface area contributed by atoms with Crippen molar-refractivity contribution in [1.29, 1.82) is 0 Å². The first-order valence-electron chi connectivity index (χ1n) is 5.00. The largest absolute Gasteiger partial charge is 0.281 e. The Morgan fingerprint density at radius 1 is 1.31 bits per heavy atom. The van der Waals surface area contributed by atoms with Gasteiger partial charge in [-0.05, 0) is 18.6 Å². The molecule has 0 saturated heterocycles. The fraction of sp³-hybridized carbons (Fsp3) is 0.333. The predicted octanol–water partition coefficient (Wildman–Crippen LogP) is 1.95. The smallest absolute Gasteiger partial charge is 0.260 e. The minimum Gasteiger partial charge on any atom is -0.281 e. The van der Waals surface area contributed by atoms with Gasteiger partial charge in [0.25, 0.3) is 5.91 Å². The molecular formula is C12H12BrNO2. The minimum absolute atomic E-state index is 0.159. The maximum Gasteiger partial charge on any atom is 0.260 e. The van der Waals surface area contributed by atoms with Gasteiger partial charge >= 0.3 is 0 Å². The number of nitrogens with zero attached hydrogens (tertiary/aromatic N) is 1. The van der Waals surface area contributed by atoms with E-state index in [2.05, 4.69) is 15.9 Å². The summed E-state index contributed by atoms with van der Waals surface area (Å²) in [6.45, 7) is 1.85. The molecule has 0 bridgehead atoms. The highest BCUT2D eigenvalue weighted by molar-refractivity contribution is 9.09. The van der Waals surface area contributed by atoms with Crippen LogP contribution in [0.1, 0.15) is 22.8 Å². The van der Waals surface area contributed by atoms with Gasteiger partial charge in [0.15, 0.2) is 0 Å². The molecule has 84 valence electrons. The number of amides is 2. The lowest BCUT2D eigenvalue weighted by molar-refractivity contribution is -0.132. The lowest BCUT2D eigenvalue weighted by Crippen LogP contribution is -2.52. The van der Waals surface area contributed by atoms with Crippen molar-refractivity contribution in [2.75, 3.05) is 12.4 Å².